The van der Waals surface area contributed by atoms with Gasteiger partial charge in [-0.2, -0.15) is 0 Å². The highest BCUT2D eigenvalue weighted by Gasteiger charge is 2.04. The Hall–Kier alpha value is -1.34. The van der Waals surface area contributed by atoms with E-state index in [1.54, 1.807) is 0 Å². The average Bonchev–Trinajstić information content (AvgIpc) is 2.29. The zero-order valence-corrected chi connectivity index (χ0v) is 9.23. The molecule has 0 spiro atoms. The van der Waals surface area contributed by atoms with Crippen molar-refractivity contribution in [1.29, 1.82) is 0 Å². The fourth-order valence-electron chi connectivity index (χ4n) is 1.81. The van der Waals surface area contributed by atoms with Crippen LogP contribution in [0.2, 0.25) is 0 Å². The van der Waals surface area contributed by atoms with Crippen LogP contribution in [0.1, 0.15) is 25.5 Å². The molecule has 0 aliphatic carbocycles. The van der Waals surface area contributed by atoms with Crippen molar-refractivity contribution in [3.05, 3.63) is 48.0 Å². The van der Waals surface area contributed by atoms with Gasteiger partial charge in [0.05, 0.1) is 6.10 Å². The SMILES string of the molecule is CCOC(C)c1ccc2ccccc2c1. The van der Waals surface area contributed by atoms with Crippen LogP contribution in [0.15, 0.2) is 42.5 Å². The third-order valence-corrected chi connectivity index (χ3v) is 2.66. The molecule has 2 rings (SSSR count). The molecule has 0 aromatic heterocycles. The minimum absolute atomic E-state index is 0.180. The lowest BCUT2D eigenvalue weighted by Crippen LogP contribution is -1.98. The van der Waals surface area contributed by atoms with Crippen LogP contribution in [-0.2, 0) is 4.74 Å². The first-order valence-electron chi connectivity index (χ1n) is 5.41. The standard InChI is InChI=1S/C14H16O/c1-3-15-11(2)13-9-8-12-6-4-5-7-14(12)10-13/h4-11H,3H2,1-2H3. The monoisotopic (exact) mass is 200 g/mol. The number of hydrogen-bond donors (Lipinski definition) is 0. The molecule has 0 saturated carbocycles. The molecule has 2 aromatic carbocycles. The zero-order valence-electron chi connectivity index (χ0n) is 9.23. The second-order valence-electron chi connectivity index (χ2n) is 3.70. The molecule has 0 amide bonds. The minimum atomic E-state index is 0.180. The average molecular weight is 200 g/mol. The van der Waals surface area contributed by atoms with E-state index in [0.717, 1.165) is 6.61 Å². The first kappa shape index (κ1) is 10.2. The second-order valence-corrected chi connectivity index (χ2v) is 3.70. The van der Waals surface area contributed by atoms with Gasteiger partial charge in [0, 0.05) is 6.61 Å². The summed E-state index contributed by atoms with van der Waals surface area (Å²) in [5.41, 5.74) is 1.25. The highest BCUT2D eigenvalue weighted by atomic mass is 16.5. The van der Waals surface area contributed by atoms with Gasteiger partial charge < -0.3 is 4.74 Å². The molecule has 0 bridgehead atoms. The molecular formula is C14H16O. The molecule has 0 N–H and O–H groups in total. The van der Waals surface area contributed by atoms with E-state index in [0.29, 0.717) is 0 Å². The van der Waals surface area contributed by atoms with Crippen molar-refractivity contribution < 1.29 is 4.74 Å². The van der Waals surface area contributed by atoms with Gasteiger partial charge in [0.25, 0.3) is 0 Å². The van der Waals surface area contributed by atoms with E-state index < -0.39 is 0 Å². The van der Waals surface area contributed by atoms with Crippen LogP contribution in [0.25, 0.3) is 10.8 Å². The Balaban J connectivity index is 2.38. The number of fused-ring (bicyclic) bond motifs is 1. The lowest BCUT2D eigenvalue weighted by molar-refractivity contribution is 0.0765. The highest BCUT2D eigenvalue weighted by Crippen LogP contribution is 2.22. The Bertz CT molecular complexity index is 448. The summed E-state index contributed by atoms with van der Waals surface area (Å²) >= 11 is 0. The van der Waals surface area contributed by atoms with Gasteiger partial charge in [-0.05, 0) is 36.2 Å². The zero-order chi connectivity index (χ0) is 10.7. The molecule has 1 unspecified atom stereocenters. The summed E-state index contributed by atoms with van der Waals surface area (Å²) < 4.78 is 5.58. The minimum Gasteiger partial charge on any atom is -0.374 e. The maximum absolute atomic E-state index is 5.58. The molecule has 0 aliphatic rings. The van der Waals surface area contributed by atoms with Crippen LogP contribution in [0.3, 0.4) is 0 Å². The van der Waals surface area contributed by atoms with Gasteiger partial charge in [-0.25, -0.2) is 0 Å². The van der Waals surface area contributed by atoms with Crippen LogP contribution >= 0.6 is 0 Å². The second kappa shape index (κ2) is 4.45. The molecule has 1 nitrogen and oxygen atoms in total. The van der Waals surface area contributed by atoms with Gasteiger partial charge >= 0.3 is 0 Å². The van der Waals surface area contributed by atoms with Gasteiger partial charge in [0.2, 0.25) is 0 Å². The largest absolute Gasteiger partial charge is 0.374 e. The van der Waals surface area contributed by atoms with Crippen LogP contribution in [0.4, 0.5) is 0 Å². The topological polar surface area (TPSA) is 9.23 Å². The molecule has 1 heteroatoms. The van der Waals surface area contributed by atoms with E-state index in [1.165, 1.54) is 16.3 Å². The lowest BCUT2D eigenvalue weighted by atomic mass is 10.0. The maximum atomic E-state index is 5.58. The molecule has 0 radical (unpaired) electrons. The number of benzene rings is 2. The predicted molar refractivity (Wildman–Crippen MR) is 64.0 cm³/mol. The van der Waals surface area contributed by atoms with Gasteiger partial charge in [0.1, 0.15) is 0 Å². The van der Waals surface area contributed by atoms with Crippen molar-refractivity contribution in [3.63, 3.8) is 0 Å². The Morgan fingerprint density at radius 3 is 2.53 bits per heavy atom. The summed E-state index contributed by atoms with van der Waals surface area (Å²) in [4.78, 5) is 0. The normalized spacial score (nSPS) is 12.9. The van der Waals surface area contributed by atoms with Crippen molar-refractivity contribution >= 4 is 10.8 Å². The van der Waals surface area contributed by atoms with Gasteiger partial charge in [-0.1, -0.05) is 36.4 Å². The summed E-state index contributed by atoms with van der Waals surface area (Å²) in [5, 5.41) is 2.56. The Kier molecular flexibility index (Phi) is 3.02. The third-order valence-electron chi connectivity index (χ3n) is 2.66. The molecule has 15 heavy (non-hydrogen) atoms. The van der Waals surface area contributed by atoms with E-state index in [2.05, 4.69) is 49.4 Å². The fourth-order valence-corrected chi connectivity index (χ4v) is 1.81. The van der Waals surface area contributed by atoms with Crippen LogP contribution in [0, 0.1) is 0 Å². The fraction of sp³-hybridized carbons (Fsp3) is 0.286. The van der Waals surface area contributed by atoms with Crippen LogP contribution in [-0.4, -0.2) is 6.61 Å². The van der Waals surface area contributed by atoms with E-state index in [-0.39, 0.29) is 6.10 Å². The van der Waals surface area contributed by atoms with E-state index >= 15 is 0 Å². The summed E-state index contributed by atoms with van der Waals surface area (Å²) in [7, 11) is 0. The quantitative estimate of drug-likeness (QED) is 0.729. The van der Waals surface area contributed by atoms with E-state index in [4.69, 9.17) is 4.74 Å². The summed E-state index contributed by atoms with van der Waals surface area (Å²) in [6.45, 7) is 4.87. The van der Waals surface area contributed by atoms with Gasteiger partial charge in [0.15, 0.2) is 0 Å². The molecular weight excluding hydrogens is 184 g/mol. The molecule has 78 valence electrons. The van der Waals surface area contributed by atoms with E-state index in [9.17, 15) is 0 Å². The van der Waals surface area contributed by atoms with Crippen LogP contribution < -0.4 is 0 Å². The number of ether oxygens (including phenoxy) is 1. The van der Waals surface area contributed by atoms with Crippen molar-refractivity contribution in [2.24, 2.45) is 0 Å². The Morgan fingerprint density at radius 2 is 1.80 bits per heavy atom. The van der Waals surface area contributed by atoms with E-state index in [1.807, 2.05) is 6.92 Å². The molecule has 0 heterocycles. The first-order chi connectivity index (χ1) is 7.31. The lowest BCUT2D eigenvalue weighted by Gasteiger charge is -2.12. The smallest absolute Gasteiger partial charge is 0.0796 e. The first-order valence-corrected chi connectivity index (χ1v) is 5.41. The van der Waals surface area contributed by atoms with Crippen molar-refractivity contribution in [2.75, 3.05) is 6.61 Å². The van der Waals surface area contributed by atoms with Crippen molar-refractivity contribution in [2.45, 2.75) is 20.0 Å². The summed E-state index contributed by atoms with van der Waals surface area (Å²) in [6.07, 6.45) is 0.180. The molecule has 0 fully saturated rings. The van der Waals surface area contributed by atoms with Crippen molar-refractivity contribution in [3.8, 4) is 0 Å². The summed E-state index contributed by atoms with van der Waals surface area (Å²) in [6, 6.07) is 14.9. The molecule has 1 atom stereocenters. The van der Waals surface area contributed by atoms with Crippen LogP contribution in [0.5, 0.6) is 0 Å². The molecule has 2 aromatic rings. The third kappa shape index (κ3) is 2.18. The predicted octanol–water partition coefficient (Wildman–Crippen LogP) is 3.94. The Labute approximate surface area is 90.7 Å². The van der Waals surface area contributed by atoms with Crippen molar-refractivity contribution in [1.82, 2.24) is 0 Å². The number of hydrogen-bond acceptors (Lipinski definition) is 1. The maximum Gasteiger partial charge on any atom is 0.0796 e. The number of rotatable bonds is 3. The highest BCUT2D eigenvalue weighted by molar-refractivity contribution is 5.83. The molecule has 0 saturated heterocycles. The Morgan fingerprint density at radius 1 is 1.07 bits per heavy atom. The van der Waals surface area contributed by atoms with Gasteiger partial charge in [-0.15, -0.1) is 0 Å². The van der Waals surface area contributed by atoms with Gasteiger partial charge in [-0.3, -0.25) is 0 Å². The molecule has 0 aliphatic heterocycles. The summed E-state index contributed by atoms with van der Waals surface area (Å²) in [5.74, 6) is 0.